The van der Waals surface area contributed by atoms with E-state index in [4.69, 9.17) is 9.15 Å². The largest absolute Gasteiger partial charge is 0.504 e. The second-order valence-corrected chi connectivity index (χ2v) is 10.1. The first-order valence-corrected chi connectivity index (χ1v) is 11.8. The Kier molecular flexibility index (Phi) is 5.59. The molecule has 1 aromatic heterocycles. The zero-order chi connectivity index (χ0) is 23.3. The summed E-state index contributed by atoms with van der Waals surface area (Å²) in [5, 5.41) is 23.8. The zero-order valence-electron chi connectivity index (χ0n) is 19.0. The van der Waals surface area contributed by atoms with Gasteiger partial charge in [0.05, 0.1) is 13.0 Å². The van der Waals surface area contributed by atoms with Gasteiger partial charge in [0.25, 0.3) is 0 Å². The van der Waals surface area contributed by atoms with Crippen LogP contribution in [0.4, 0.5) is 0 Å². The van der Waals surface area contributed by atoms with Gasteiger partial charge in [0, 0.05) is 18.5 Å². The monoisotopic (exact) mass is 453 g/mol. The van der Waals surface area contributed by atoms with Crippen molar-refractivity contribution >= 4 is 5.91 Å². The van der Waals surface area contributed by atoms with Crippen molar-refractivity contribution in [1.29, 1.82) is 0 Å². The Balaban J connectivity index is 1.44. The molecule has 4 aliphatic rings. The van der Waals surface area contributed by atoms with Crippen molar-refractivity contribution in [3.8, 4) is 17.2 Å². The number of benzene rings is 1. The number of hydrogen-bond acceptors (Lipinski definition) is 6. The van der Waals surface area contributed by atoms with Gasteiger partial charge in [-0.15, -0.1) is 0 Å². The summed E-state index contributed by atoms with van der Waals surface area (Å²) in [7, 11) is 1.44. The van der Waals surface area contributed by atoms with E-state index in [0.29, 0.717) is 23.2 Å². The Morgan fingerprint density at radius 3 is 2.42 bits per heavy atom. The van der Waals surface area contributed by atoms with Crippen molar-refractivity contribution in [3.05, 3.63) is 51.6 Å². The highest BCUT2D eigenvalue weighted by Crippen LogP contribution is 2.53. The predicted molar refractivity (Wildman–Crippen MR) is 121 cm³/mol. The Morgan fingerprint density at radius 2 is 1.79 bits per heavy atom. The normalized spacial score (nSPS) is 28.5. The van der Waals surface area contributed by atoms with Crippen molar-refractivity contribution in [2.75, 3.05) is 7.11 Å². The second-order valence-electron chi connectivity index (χ2n) is 10.1. The van der Waals surface area contributed by atoms with Crippen LogP contribution >= 0.6 is 0 Å². The molecule has 0 aliphatic heterocycles. The Labute approximate surface area is 192 Å². The molecule has 0 saturated heterocycles. The highest BCUT2D eigenvalue weighted by molar-refractivity contribution is 5.78. The van der Waals surface area contributed by atoms with Gasteiger partial charge in [0.15, 0.2) is 17.3 Å². The van der Waals surface area contributed by atoms with E-state index in [1.165, 1.54) is 51.3 Å². The SMILES string of the molecule is COc1cc([C@H](CC(=O)NC2C3CC4CC(C3)CC2C4)c2oc(C)cc(=O)c2O)ccc1O. The van der Waals surface area contributed by atoms with Gasteiger partial charge in [-0.2, -0.15) is 0 Å². The number of phenolic OH excluding ortho intramolecular Hbond substituents is 1. The minimum Gasteiger partial charge on any atom is -0.504 e. The van der Waals surface area contributed by atoms with Crippen molar-refractivity contribution < 1.29 is 24.2 Å². The van der Waals surface area contributed by atoms with Gasteiger partial charge < -0.3 is 24.7 Å². The Hall–Kier alpha value is -2.96. The van der Waals surface area contributed by atoms with Gasteiger partial charge >= 0.3 is 0 Å². The lowest BCUT2D eigenvalue weighted by atomic mass is 9.54. The molecule has 0 radical (unpaired) electrons. The highest BCUT2D eigenvalue weighted by atomic mass is 16.5. The lowest BCUT2D eigenvalue weighted by molar-refractivity contribution is -0.125. The van der Waals surface area contributed by atoms with Gasteiger partial charge in [0.1, 0.15) is 5.76 Å². The first kappa shape index (κ1) is 21.9. The molecule has 4 aliphatic carbocycles. The number of aryl methyl sites for hydroxylation is 1. The number of carbonyl (C=O) groups is 1. The van der Waals surface area contributed by atoms with Crippen LogP contribution in [0.5, 0.6) is 17.2 Å². The van der Waals surface area contributed by atoms with Crippen LogP contribution in [-0.2, 0) is 4.79 Å². The summed E-state index contributed by atoms with van der Waals surface area (Å²) < 4.78 is 11.0. The molecule has 4 bridgehead atoms. The highest BCUT2D eigenvalue weighted by Gasteiger charge is 2.48. The van der Waals surface area contributed by atoms with Crippen LogP contribution < -0.4 is 15.5 Å². The number of aromatic hydroxyl groups is 2. The van der Waals surface area contributed by atoms with Crippen LogP contribution in [0, 0.1) is 30.6 Å². The molecule has 7 nitrogen and oxygen atoms in total. The Bertz CT molecular complexity index is 1090. The molecule has 0 unspecified atom stereocenters. The summed E-state index contributed by atoms with van der Waals surface area (Å²) in [4.78, 5) is 25.6. The minimum atomic E-state index is -0.705. The molecule has 2 aromatic rings. The van der Waals surface area contributed by atoms with Gasteiger partial charge in [-0.25, -0.2) is 0 Å². The van der Waals surface area contributed by atoms with Gasteiger partial charge in [-0.3, -0.25) is 9.59 Å². The third kappa shape index (κ3) is 4.09. The summed E-state index contributed by atoms with van der Waals surface area (Å²) >= 11 is 0. The number of hydrogen-bond donors (Lipinski definition) is 3. The fourth-order valence-corrected chi connectivity index (χ4v) is 6.73. The first-order chi connectivity index (χ1) is 15.8. The average Bonchev–Trinajstić information content (AvgIpc) is 2.77. The van der Waals surface area contributed by atoms with E-state index in [-0.39, 0.29) is 35.6 Å². The smallest absolute Gasteiger partial charge is 0.227 e. The molecule has 3 N–H and O–H groups in total. The van der Waals surface area contributed by atoms with Crippen LogP contribution in [0.15, 0.2) is 33.5 Å². The maximum atomic E-state index is 13.3. The molecule has 0 spiro atoms. The number of carbonyl (C=O) groups excluding carboxylic acids is 1. The standard InChI is InChI=1S/C26H31NO6/c1-13-5-21(29)25(31)26(33-13)19(16-3-4-20(28)22(11-16)32-2)12-23(30)27-24-17-7-14-6-15(9-17)10-18(24)8-14/h3-5,11,14-15,17-19,24,28,31H,6-10,12H2,1-2H3,(H,27,30)/t14?,15?,17?,18?,19-,24?/m0/s1. The van der Waals surface area contributed by atoms with Crippen LogP contribution in [0.1, 0.15) is 61.5 Å². The third-order valence-electron chi connectivity index (χ3n) is 7.94. The van der Waals surface area contributed by atoms with E-state index in [1.54, 1.807) is 19.1 Å². The van der Waals surface area contributed by atoms with Crippen LogP contribution in [0.25, 0.3) is 0 Å². The fourth-order valence-electron chi connectivity index (χ4n) is 6.73. The molecular weight excluding hydrogens is 422 g/mol. The third-order valence-corrected chi connectivity index (χ3v) is 7.94. The summed E-state index contributed by atoms with van der Waals surface area (Å²) in [5.41, 5.74) is 0.0554. The van der Waals surface area contributed by atoms with Crippen molar-refractivity contribution in [2.45, 2.75) is 57.4 Å². The molecule has 1 aromatic carbocycles. The van der Waals surface area contributed by atoms with Gasteiger partial charge in [0.2, 0.25) is 17.1 Å². The van der Waals surface area contributed by atoms with E-state index in [0.717, 1.165) is 11.8 Å². The molecule has 4 fully saturated rings. The van der Waals surface area contributed by atoms with E-state index in [9.17, 15) is 19.8 Å². The molecule has 1 heterocycles. The fraction of sp³-hybridized carbons (Fsp3) is 0.538. The molecule has 4 saturated carbocycles. The molecule has 6 rings (SSSR count). The van der Waals surface area contributed by atoms with Crippen LogP contribution in [0.3, 0.4) is 0 Å². The van der Waals surface area contributed by atoms with Crippen molar-refractivity contribution in [3.63, 3.8) is 0 Å². The lowest BCUT2D eigenvalue weighted by Gasteiger charge is -2.54. The average molecular weight is 454 g/mol. The maximum absolute atomic E-state index is 13.3. The number of methoxy groups -OCH3 is 1. The number of ether oxygens (including phenoxy) is 1. The summed E-state index contributed by atoms with van der Waals surface area (Å²) in [6, 6.07) is 6.15. The lowest BCUT2D eigenvalue weighted by Crippen LogP contribution is -2.55. The maximum Gasteiger partial charge on any atom is 0.227 e. The predicted octanol–water partition coefficient (Wildman–Crippen LogP) is 3.83. The quantitative estimate of drug-likeness (QED) is 0.613. The number of nitrogens with one attached hydrogen (secondary N) is 1. The van der Waals surface area contributed by atoms with E-state index in [1.807, 2.05) is 0 Å². The Morgan fingerprint density at radius 1 is 1.12 bits per heavy atom. The summed E-state index contributed by atoms with van der Waals surface area (Å²) in [6.45, 7) is 1.63. The van der Waals surface area contributed by atoms with Crippen molar-refractivity contribution in [1.82, 2.24) is 5.32 Å². The molecule has 33 heavy (non-hydrogen) atoms. The molecule has 1 atom stereocenters. The molecule has 7 heteroatoms. The van der Waals surface area contributed by atoms with Gasteiger partial charge in [-0.05, 0) is 80.4 Å². The molecule has 176 valence electrons. The van der Waals surface area contributed by atoms with Gasteiger partial charge in [-0.1, -0.05) is 6.07 Å². The number of phenols is 1. The summed E-state index contributed by atoms with van der Waals surface area (Å²) in [5.74, 6) is 2.00. The van der Waals surface area contributed by atoms with E-state index < -0.39 is 17.1 Å². The van der Waals surface area contributed by atoms with E-state index in [2.05, 4.69) is 5.32 Å². The minimum absolute atomic E-state index is 0.0106. The van der Waals surface area contributed by atoms with Crippen LogP contribution in [0.2, 0.25) is 0 Å². The summed E-state index contributed by atoms with van der Waals surface area (Å²) in [6.07, 6.45) is 6.16. The van der Waals surface area contributed by atoms with Crippen LogP contribution in [-0.4, -0.2) is 29.3 Å². The second kappa shape index (κ2) is 8.43. The number of rotatable bonds is 6. The first-order valence-electron chi connectivity index (χ1n) is 11.8. The molecular formula is C26H31NO6. The zero-order valence-corrected chi connectivity index (χ0v) is 19.0. The van der Waals surface area contributed by atoms with E-state index >= 15 is 0 Å². The topological polar surface area (TPSA) is 109 Å². The number of amides is 1. The molecule has 1 amide bonds. The van der Waals surface area contributed by atoms with Crippen molar-refractivity contribution in [2.24, 2.45) is 23.7 Å².